The Morgan fingerprint density at radius 1 is 1.44 bits per heavy atom. The molecule has 0 bridgehead atoms. The molecular weight excluding hydrogens is 234 g/mol. The van der Waals surface area contributed by atoms with Crippen LogP contribution in [0, 0.1) is 0 Å². The minimum absolute atomic E-state index is 0.209. The third-order valence-corrected chi connectivity index (χ3v) is 1.98. The summed E-state index contributed by atoms with van der Waals surface area (Å²) in [6, 6.07) is 4.89. The molecule has 2 rings (SSSR count). The minimum atomic E-state index is -0.318. The van der Waals surface area contributed by atoms with Crippen LogP contribution in [0.2, 0.25) is 0 Å². The molecule has 18 heavy (non-hydrogen) atoms. The van der Waals surface area contributed by atoms with Crippen molar-refractivity contribution in [3.05, 3.63) is 18.2 Å². The van der Waals surface area contributed by atoms with Crippen LogP contribution >= 0.6 is 0 Å². The predicted octanol–water partition coefficient (Wildman–Crippen LogP) is 1.81. The number of anilines is 1. The van der Waals surface area contributed by atoms with Crippen LogP contribution in [0.3, 0.4) is 0 Å². The first-order valence-corrected chi connectivity index (χ1v) is 5.37. The van der Waals surface area contributed by atoms with Crippen LogP contribution in [0.15, 0.2) is 18.2 Å². The number of nitrogens with one attached hydrogen (secondary N) is 1. The van der Waals surface area contributed by atoms with Crippen molar-refractivity contribution < 1.29 is 14.6 Å². The van der Waals surface area contributed by atoms with E-state index < -0.39 is 0 Å². The Balaban J connectivity index is 0.000000203. The van der Waals surface area contributed by atoms with Gasteiger partial charge < -0.3 is 15.6 Å². The van der Waals surface area contributed by atoms with Gasteiger partial charge in [-0.25, -0.2) is 0 Å². The van der Waals surface area contributed by atoms with Crippen molar-refractivity contribution in [2.45, 2.75) is 26.4 Å². The Hall–Kier alpha value is -2.24. The molecule has 0 fully saturated rings. The number of aromatic amines is 1. The quantitative estimate of drug-likeness (QED) is 0.671. The van der Waals surface area contributed by atoms with Crippen LogP contribution in [-0.2, 0) is 9.53 Å². The van der Waals surface area contributed by atoms with Crippen LogP contribution in [0.5, 0.6) is 5.75 Å². The molecular formula is C12H17N3O3. The van der Waals surface area contributed by atoms with E-state index in [1.54, 1.807) is 18.2 Å². The number of rotatable bonds is 1. The molecule has 0 aliphatic rings. The molecule has 6 heteroatoms. The van der Waals surface area contributed by atoms with E-state index in [1.807, 2.05) is 20.8 Å². The van der Waals surface area contributed by atoms with Crippen LogP contribution in [0.1, 0.15) is 20.8 Å². The highest BCUT2D eigenvalue weighted by molar-refractivity contribution is 5.89. The molecule has 1 heterocycles. The summed E-state index contributed by atoms with van der Waals surface area (Å²) in [5.41, 5.74) is 5.94. The van der Waals surface area contributed by atoms with Gasteiger partial charge in [-0.1, -0.05) is 0 Å². The number of carbonyl (C=O) groups excluding carboxylic acids is 1. The Labute approximate surface area is 105 Å². The summed E-state index contributed by atoms with van der Waals surface area (Å²) < 4.78 is 4.55. The molecule has 4 N–H and O–H groups in total. The number of phenols is 1. The molecule has 0 spiro atoms. The number of nitrogen functional groups attached to an aromatic ring is 1. The summed E-state index contributed by atoms with van der Waals surface area (Å²) in [6.45, 7) is 5.92. The molecule has 98 valence electrons. The summed E-state index contributed by atoms with van der Waals surface area (Å²) in [4.78, 5) is 9.60. The highest BCUT2D eigenvalue weighted by Gasteiger charge is 2.07. The van der Waals surface area contributed by atoms with Crippen LogP contribution < -0.4 is 5.73 Å². The van der Waals surface area contributed by atoms with E-state index in [4.69, 9.17) is 10.8 Å². The molecule has 2 aromatic rings. The topological polar surface area (TPSA) is 101 Å². The highest BCUT2D eigenvalue weighted by atomic mass is 16.5. The summed E-state index contributed by atoms with van der Waals surface area (Å²) in [5.74, 6) is 0.668. The van der Waals surface area contributed by atoms with Gasteiger partial charge in [0.2, 0.25) is 0 Å². The number of H-pyrrole nitrogens is 1. The molecule has 0 aliphatic heterocycles. The van der Waals surface area contributed by atoms with Gasteiger partial charge in [0, 0.05) is 11.5 Å². The van der Waals surface area contributed by atoms with E-state index in [0.717, 1.165) is 10.9 Å². The predicted molar refractivity (Wildman–Crippen MR) is 69.1 cm³/mol. The standard InChI is InChI=1S/C7H7N3O.C5H10O2/c8-7-5-2-1-4(11)3-6(5)9-10-7;1-5(2,3)7-4-6/h1-3,11H,(H3,8,9,10);4H,1-3H3. The van der Waals surface area contributed by atoms with Crippen molar-refractivity contribution in [3.63, 3.8) is 0 Å². The molecule has 0 aliphatic carbocycles. The molecule has 6 nitrogen and oxygen atoms in total. The second kappa shape index (κ2) is 5.39. The lowest BCUT2D eigenvalue weighted by atomic mass is 10.2. The Morgan fingerprint density at radius 3 is 2.61 bits per heavy atom. The smallest absolute Gasteiger partial charge is 0.293 e. The maximum atomic E-state index is 9.60. The fraction of sp³-hybridized carbons (Fsp3) is 0.333. The Kier molecular flexibility index (Phi) is 4.14. The molecule has 0 saturated carbocycles. The van der Waals surface area contributed by atoms with Crippen molar-refractivity contribution in [2.24, 2.45) is 0 Å². The van der Waals surface area contributed by atoms with Crippen molar-refractivity contribution in [2.75, 3.05) is 5.73 Å². The average Bonchev–Trinajstić information content (AvgIpc) is 2.59. The van der Waals surface area contributed by atoms with Gasteiger partial charge in [-0.3, -0.25) is 9.89 Å². The third kappa shape index (κ3) is 3.97. The zero-order chi connectivity index (χ0) is 13.8. The number of nitrogens with two attached hydrogens (primary N) is 1. The van der Waals surface area contributed by atoms with E-state index in [0.29, 0.717) is 12.3 Å². The van der Waals surface area contributed by atoms with E-state index in [2.05, 4.69) is 14.9 Å². The fourth-order valence-electron chi connectivity index (χ4n) is 1.17. The van der Waals surface area contributed by atoms with E-state index in [-0.39, 0.29) is 11.4 Å². The van der Waals surface area contributed by atoms with E-state index >= 15 is 0 Å². The van der Waals surface area contributed by atoms with Gasteiger partial charge in [0.15, 0.2) is 5.82 Å². The zero-order valence-corrected chi connectivity index (χ0v) is 10.6. The number of ether oxygens (including phenoxy) is 1. The normalized spacial score (nSPS) is 10.6. The molecule has 0 amide bonds. The number of carbonyl (C=O) groups is 1. The summed E-state index contributed by atoms with van der Waals surface area (Å²) in [5, 5.41) is 16.4. The largest absolute Gasteiger partial charge is 0.508 e. The van der Waals surface area contributed by atoms with Gasteiger partial charge in [0.1, 0.15) is 11.4 Å². The monoisotopic (exact) mass is 251 g/mol. The molecule has 0 atom stereocenters. The van der Waals surface area contributed by atoms with Crippen molar-refractivity contribution >= 4 is 23.2 Å². The lowest BCUT2D eigenvalue weighted by Crippen LogP contribution is -2.17. The molecule has 0 radical (unpaired) electrons. The highest BCUT2D eigenvalue weighted by Crippen LogP contribution is 2.21. The zero-order valence-electron chi connectivity index (χ0n) is 10.6. The third-order valence-electron chi connectivity index (χ3n) is 1.98. The molecule has 1 aromatic heterocycles. The Morgan fingerprint density at radius 2 is 2.11 bits per heavy atom. The lowest BCUT2D eigenvalue weighted by Gasteiger charge is -2.14. The van der Waals surface area contributed by atoms with Gasteiger partial charge in [0.05, 0.1) is 5.52 Å². The second-order valence-corrected chi connectivity index (χ2v) is 4.67. The van der Waals surface area contributed by atoms with Crippen molar-refractivity contribution in [3.8, 4) is 5.75 Å². The number of benzene rings is 1. The summed E-state index contributed by atoms with van der Waals surface area (Å²) >= 11 is 0. The molecule has 0 unspecified atom stereocenters. The van der Waals surface area contributed by atoms with Crippen LogP contribution in [0.4, 0.5) is 5.82 Å². The molecule has 1 aromatic carbocycles. The maximum Gasteiger partial charge on any atom is 0.293 e. The second-order valence-electron chi connectivity index (χ2n) is 4.67. The first-order chi connectivity index (χ1) is 8.33. The Bertz CT molecular complexity index is 529. The van der Waals surface area contributed by atoms with Crippen LogP contribution in [0.25, 0.3) is 10.9 Å². The van der Waals surface area contributed by atoms with Gasteiger partial charge in [-0.2, -0.15) is 5.10 Å². The van der Waals surface area contributed by atoms with Crippen molar-refractivity contribution in [1.29, 1.82) is 0 Å². The SMILES string of the molecule is CC(C)(C)OC=O.Nc1n[nH]c2cc(O)ccc12. The maximum absolute atomic E-state index is 9.60. The van der Waals surface area contributed by atoms with Gasteiger partial charge in [-0.15, -0.1) is 0 Å². The summed E-state index contributed by atoms with van der Waals surface area (Å²) in [6.07, 6.45) is 0. The number of aromatic nitrogens is 2. The van der Waals surface area contributed by atoms with Crippen molar-refractivity contribution in [1.82, 2.24) is 10.2 Å². The fourth-order valence-corrected chi connectivity index (χ4v) is 1.17. The number of aromatic hydroxyl groups is 1. The molecule has 0 saturated heterocycles. The average molecular weight is 251 g/mol. The van der Waals surface area contributed by atoms with Crippen LogP contribution in [-0.4, -0.2) is 27.4 Å². The van der Waals surface area contributed by atoms with Gasteiger partial charge in [-0.05, 0) is 32.9 Å². The number of nitrogens with zero attached hydrogens (tertiary/aromatic N) is 1. The minimum Gasteiger partial charge on any atom is -0.508 e. The number of phenolic OH excluding ortho intramolecular Hbond substituents is 1. The summed E-state index contributed by atoms with van der Waals surface area (Å²) in [7, 11) is 0. The number of fused-ring (bicyclic) bond motifs is 1. The number of hydrogen-bond acceptors (Lipinski definition) is 5. The van der Waals surface area contributed by atoms with E-state index in [9.17, 15) is 4.79 Å². The van der Waals surface area contributed by atoms with E-state index in [1.165, 1.54) is 0 Å². The van der Waals surface area contributed by atoms with Gasteiger partial charge >= 0.3 is 0 Å². The number of hydrogen-bond donors (Lipinski definition) is 3. The first-order valence-electron chi connectivity index (χ1n) is 5.37. The lowest BCUT2D eigenvalue weighted by molar-refractivity contribution is -0.138. The van der Waals surface area contributed by atoms with Gasteiger partial charge in [0.25, 0.3) is 6.47 Å². The first kappa shape index (κ1) is 13.8.